The molecule has 1 saturated carbocycles. The maximum atomic E-state index is 4.77. The largest absolute Gasteiger partial charge is 0.362 e. The lowest BCUT2D eigenvalue weighted by molar-refractivity contribution is 0.351. The zero-order valence-corrected chi connectivity index (χ0v) is 16.9. The molecule has 0 saturated heterocycles. The van der Waals surface area contributed by atoms with E-state index in [1.165, 1.54) is 0 Å². The summed E-state index contributed by atoms with van der Waals surface area (Å²) in [5.74, 6) is 1.68. The number of aromatic nitrogens is 4. The molecule has 0 bridgehead atoms. The van der Waals surface area contributed by atoms with Gasteiger partial charge in [0.25, 0.3) is 0 Å². The van der Waals surface area contributed by atoms with Crippen molar-refractivity contribution in [3.05, 3.63) is 42.0 Å². The Morgan fingerprint density at radius 2 is 1.79 bits per heavy atom. The third-order valence-electron chi connectivity index (χ3n) is 5.56. The van der Waals surface area contributed by atoms with E-state index in [2.05, 4.69) is 33.6 Å². The molecule has 1 aliphatic carbocycles. The molecule has 4 rings (SSSR count). The standard InChI is InChI=1S/C21H29N7.CH4/c1-14-19(24-13-23-14)12-22-15-8-10-16(11-9-15)25-21-26-18-7-5-4-6-17(18)20(27-21)28(2)3;/h4-7,13,15-16,22H,8-12H2,1-3H3,(H,23,24)(H,25,26,27);1H4. The topological polar surface area (TPSA) is 81.8 Å². The smallest absolute Gasteiger partial charge is 0.225 e. The fourth-order valence-corrected chi connectivity index (χ4v) is 3.90. The Morgan fingerprint density at radius 3 is 2.48 bits per heavy atom. The Labute approximate surface area is 173 Å². The molecule has 0 unspecified atom stereocenters. The zero-order chi connectivity index (χ0) is 19.5. The molecule has 1 aliphatic rings. The molecular formula is C22H33N7. The Morgan fingerprint density at radius 1 is 1.07 bits per heavy atom. The van der Waals surface area contributed by atoms with E-state index in [0.29, 0.717) is 12.1 Å². The maximum Gasteiger partial charge on any atom is 0.225 e. The lowest BCUT2D eigenvalue weighted by Crippen LogP contribution is -2.37. The van der Waals surface area contributed by atoms with Crippen LogP contribution < -0.4 is 15.5 Å². The van der Waals surface area contributed by atoms with E-state index in [0.717, 1.165) is 66.3 Å². The molecule has 2 heterocycles. The second kappa shape index (κ2) is 9.22. The summed E-state index contributed by atoms with van der Waals surface area (Å²) in [6.07, 6.45) is 6.29. The third kappa shape index (κ3) is 4.85. The first kappa shape index (κ1) is 21.0. The van der Waals surface area contributed by atoms with Crippen LogP contribution in [0.2, 0.25) is 0 Å². The quantitative estimate of drug-likeness (QED) is 0.588. The Bertz CT molecular complexity index is 926. The molecule has 0 aliphatic heterocycles. The van der Waals surface area contributed by atoms with E-state index < -0.39 is 0 Å². The van der Waals surface area contributed by atoms with Gasteiger partial charge in [-0.2, -0.15) is 4.98 Å². The molecule has 2 aromatic heterocycles. The molecule has 0 amide bonds. The van der Waals surface area contributed by atoms with Gasteiger partial charge >= 0.3 is 0 Å². The number of anilines is 2. The first-order chi connectivity index (χ1) is 13.6. The Hall–Kier alpha value is -2.67. The molecule has 0 atom stereocenters. The van der Waals surface area contributed by atoms with E-state index in [-0.39, 0.29) is 7.43 Å². The average molecular weight is 396 g/mol. The van der Waals surface area contributed by atoms with Gasteiger partial charge in [0.2, 0.25) is 5.95 Å². The number of rotatable bonds is 6. The third-order valence-corrected chi connectivity index (χ3v) is 5.56. The van der Waals surface area contributed by atoms with Gasteiger partial charge in [-0.25, -0.2) is 9.97 Å². The highest BCUT2D eigenvalue weighted by atomic mass is 15.2. The maximum absolute atomic E-state index is 4.77. The van der Waals surface area contributed by atoms with Crippen molar-refractivity contribution in [3.8, 4) is 0 Å². The number of aryl methyl sites for hydroxylation is 1. The number of para-hydroxylation sites is 1. The van der Waals surface area contributed by atoms with Crippen molar-refractivity contribution < 1.29 is 0 Å². The van der Waals surface area contributed by atoms with Crippen LogP contribution in [0.3, 0.4) is 0 Å². The van der Waals surface area contributed by atoms with Gasteiger partial charge in [0.15, 0.2) is 0 Å². The first-order valence-electron chi connectivity index (χ1n) is 10.0. The van der Waals surface area contributed by atoms with Crippen LogP contribution in [0, 0.1) is 6.92 Å². The fraction of sp³-hybridized carbons (Fsp3) is 0.500. The van der Waals surface area contributed by atoms with Crippen LogP contribution in [0.1, 0.15) is 44.5 Å². The van der Waals surface area contributed by atoms with Crippen molar-refractivity contribution in [2.75, 3.05) is 24.3 Å². The lowest BCUT2D eigenvalue weighted by Gasteiger charge is -2.30. The molecule has 3 N–H and O–H groups in total. The highest BCUT2D eigenvalue weighted by Gasteiger charge is 2.22. The summed E-state index contributed by atoms with van der Waals surface area (Å²) in [6.45, 7) is 2.90. The predicted octanol–water partition coefficient (Wildman–Crippen LogP) is 3.88. The highest BCUT2D eigenvalue weighted by molar-refractivity contribution is 5.90. The molecule has 156 valence electrons. The number of nitrogens with zero attached hydrogens (tertiary/aromatic N) is 4. The van der Waals surface area contributed by atoms with Gasteiger partial charge < -0.3 is 20.5 Å². The number of fused-ring (bicyclic) bond motifs is 1. The number of nitrogens with one attached hydrogen (secondary N) is 3. The summed E-state index contributed by atoms with van der Waals surface area (Å²) >= 11 is 0. The van der Waals surface area contributed by atoms with Crippen LogP contribution in [-0.2, 0) is 6.54 Å². The number of H-pyrrole nitrogens is 1. The van der Waals surface area contributed by atoms with E-state index in [1.807, 2.05) is 37.2 Å². The van der Waals surface area contributed by atoms with Gasteiger partial charge in [0.1, 0.15) is 5.82 Å². The summed E-state index contributed by atoms with van der Waals surface area (Å²) in [7, 11) is 4.05. The minimum atomic E-state index is 0. The van der Waals surface area contributed by atoms with Gasteiger partial charge in [-0.05, 0) is 44.7 Å². The number of hydrogen-bond donors (Lipinski definition) is 3. The summed E-state index contributed by atoms with van der Waals surface area (Å²) in [4.78, 5) is 19.1. The summed E-state index contributed by atoms with van der Waals surface area (Å²) in [6, 6.07) is 9.14. The molecule has 3 aromatic rings. The number of imidazole rings is 1. The van der Waals surface area contributed by atoms with Crippen LogP contribution >= 0.6 is 0 Å². The molecule has 1 fully saturated rings. The Balaban J connectivity index is 0.00000240. The van der Waals surface area contributed by atoms with Gasteiger partial charge in [0.05, 0.1) is 17.5 Å². The normalized spacial score (nSPS) is 19.0. The van der Waals surface area contributed by atoms with Gasteiger partial charge in [-0.1, -0.05) is 19.6 Å². The second-order valence-electron chi connectivity index (χ2n) is 7.83. The van der Waals surface area contributed by atoms with Crippen LogP contribution in [0.5, 0.6) is 0 Å². The molecular weight excluding hydrogens is 362 g/mol. The van der Waals surface area contributed by atoms with E-state index in [1.54, 1.807) is 6.33 Å². The fourth-order valence-electron chi connectivity index (χ4n) is 3.90. The summed E-state index contributed by atoms with van der Waals surface area (Å²) in [5.41, 5.74) is 3.24. The van der Waals surface area contributed by atoms with Crippen LogP contribution in [-0.4, -0.2) is 46.1 Å². The number of hydrogen-bond acceptors (Lipinski definition) is 6. The SMILES string of the molecule is C.Cc1[nH]cnc1CNC1CCC(Nc2nc(N(C)C)c3ccccc3n2)CC1. The summed E-state index contributed by atoms with van der Waals surface area (Å²) in [5, 5.41) is 8.31. The summed E-state index contributed by atoms with van der Waals surface area (Å²) < 4.78 is 0. The number of aromatic amines is 1. The van der Waals surface area contributed by atoms with E-state index >= 15 is 0 Å². The van der Waals surface area contributed by atoms with E-state index in [9.17, 15) is 0 Å². The highest BCUT2D eigenvalue weighted by Crippen LogP contribution is 2.26. The zero-order valence-electron chi connectivity index (χ0n) is 16.9. The average Bonchev–Trinajstić information content (AvgIpc) is 3.11. The molecule has 7 nitrogen and oxygen atoms in total. The van der Waals surface area contributed by atoms with Gasteiger partial charge in [-0.15, -0.1) is 0 Å². The van der Waals surface area contributed by atoms with E-state index in [4.69, 9.17) is 9.97 Å². The monoisotopic (exact) mass is 395 g/mol. The molecule has 29 heavy (non-hydrogen) atoms. The molecule has 0 radical (unpaired) electrons. The molecule has 1 aromatic carbocycles. The van der Waals surface area contributed by atoms with Crippen molar-refractivity contribution in [3.63, 3.8) is 0 Å². The Kier molecular flexibility index (Phi) is 6.69. The molecule has 7 heteroatoms. The van der Waals surface area contributed by atoms with Crippen molar-refractivity contribution in [1.82, 2.24) is 25.3 Å². The van der Waals surface area contributed by atoms with Crippen LogP contribution in [0.15, 0.2) is 30.6 Å². The van der Waals surface area contributed by atoms with Gasteiger partial charge in [-0.3, -0.25) is 0 Å². The van der Waals surface area contributed by atoms with Gasteiger partial charge in [0, 0.05) is 43.8 Å². The van der Waals surface area contributed by atoms with Crippen molar-refractivity contribution >= 4 is 22.7 Å². The lowest BCUT2D eigenvalue weighted by atomic mass is 9.91. The number of benzene rings is 1. The van der Waals surface area contributed by atoms with Crippen LogP contribution in [0.4, 0.5) is 11.8 Å². The molecule has 0 spiro atoms. The predicted molar refractivity (Wildman–Crippen MR) is 120 cm³/mol. The van der Waals surface area contributed by atoms with Crippen LogP contribution in [0.25, 0.3) is 10.9 Å². The van der Waals surface area contributed by atoms with Crippen molar-refractivity contribution in [2.45, 2.75) is 58.7 Å². The van der Waals surface area contributed by atoms with Crippen molar-refractivity contribution in [2.24, 2.45) is 0 Å². The van der Waals surface area contributed by atoms with Crippen molar-refractivity contribution in [1.29, 1.82) is 0 Å². The minimum Gasteiger partial charge on any atom is -0.362 e. The second-order valence-corrected chi connectivity index (χ2v) is 7.83. The first-order valence-corrected chi connectivity index (χ1v) is 10.0. The minimum absolute atomic E-state index is 0.